The summed E-state index contributed by atoms with van der Waals surface area (Å²) < 4.78 is 12.0. The number of hydrogen-bond donors (Lipinski definition) is 0. The number of ether oxygens (including phenoxy) is 1. The molecule has 3 aromatic heterocycles. The highest BCUT2D eigenvalue weighted by molar-refractivity contribution is 6.23. The predicted molar refractivity (Wildman–Crippen MR) is 341 cm³/mol. The van der Waals surface area contributed by atoms with Crippen LogP contribution in [0.3, 0.4) is 0 Å². The molecule has 0 unspecified atom stereocenters. The van der Waals surface area contributed by atoms with Gasteiger partial charge in [-0.15, -0.1) is 0 Å². The summed E-state index contributed by atoms with van der Waals surface area (Å²) in [7, 11) is 0. The van der Waals surface area contributed by atoms with Crippen molar-refractivity contribution in [1.82, 2.24) is 14.1 Å². The number of rotatable bonds is 8. The second-order valence-electron chi connectivity index (χ2n) is 22.7. The molecule has 0 saturated heterocycles. The molecule has 0 amide bonds. The minimum Gasteiger partial charge on any atom is -0.457 e. The van der Waals surface area contributed by atoms with E-state index in [0.717, 1.165) is 67.7 Å². The van der Waals surface area contributed by atoms with Gasteiger partial charge in [-0.25, -0.2) is 4.98 Å². The van der Waals surface area contributed by atoms with Crippen molar-refractivity contribution < 1.29 is 4.74 Å². The molecule has 0 N–H and O–H groups in total. The van der Waals surface area contributed by atoms with Gasteiger partial charge in [0.15, 0.2) is 0 Å². The van der Waals surface area contributed by atoms with Crippen LogP contribution in [0.1, 0.15) is 26.3 Å². The van der Waals surface area contributed by atoms with Crippen LogP contribution in [0.5, 0.6) is 11.5 Å². The number of para-hydroxylation sites is 3. The van der Waals surface area contributed by atoms with Crippen molar-refractivity contribution in [3.63, 3.8) is 0 Å². The summed E-state index contributed by atoms with van der Waals surface area (Å²) in [6, 6.07) is 94.6. The van der Waals surface area contributed by atoms with Crippen LogP contribution in [0, 0.1) is 0 Å². The minimum atomic E-state index is -0.0934. The fourth-order valence-corrected chi connectivity index (χ4v) is 13.1. The Morgan fingerprint density at radius 2 is 1.02 bits per heavy atom. The van der Waals surface area contributed by atoms with Gasteiger partial charge in [0, 0.05) is 67.8 Å². The molecule has 0 spiro atoms. The quantitative estimate of drug-likeness (QED) is 0.152. The molecule has 6 nitrogen and oxygen atoms in total. The fourth-order valence-electron chi connectivity index (χ4n) is 13.1. The Bertz CT molecular complexity index is 4800. The number of pyridine rings is 1. The van der Waals surface area contributed by atoms with Crippen molar-refractivity contribution in [2.24, 2.45) is 0 Å². The third-order valence-electron chi connectivity index (χ3n) is 16.9. The Hall–Kier alpha value is -10.4. The fraction of sp³-hybridized carbons (Fsp3) is 0.0658. The van der Waals surface area contributed by atoms with Crippen molar-refractivity contribution in [3.8, 4) is 78.6 Å². The lowest BCUT2D eigenvalue weighted by Crippen LogP contribution is -2.25. The summed E-state index contributed by atoms with van der Waals surface area (Å²) in [5.74, 6) is 2.34. The molecular weight excluding hydrogens is 999 g/mol. The summed E-state index contributed by atoms with van der Waals surface area (Å²) >= 11 is 0. The molecule has 2 aliphatic heterocycles. The van der Waals surface area contributed by atoms with Gasteiger partial charge in [0.05, 0.1) is 44.8 Å². The van der Waals surface area contributed by atoms with E-state index < -0.39 is 0 Å². The normalized spacial score (nSPS) is 12.7. The van der Waals surface area contributed by atoms with Crippen molar-refractivity contribution in [1.29, 1.82) is 0 Å². The number of anilines is 4. The minimum absolute atomic E-state index is 0.0934. The van der Waals surface area contributed by atoms with Crippen LogP contribution in [-0.2, 0) is 5.41 Å². The Balaban J connectivity index is 0.859. The lowest BCUT2D eigenvalue weighted by atomic mass is 9.88. The third kappa shape index (κ3) is 7.52. The van der Waals surface area contributed by atoms with Crippen LogP contribution < -0.4 is 14.5 Å². The monoisotopic (exact) mass is 1050 g/mol. The lowest BCUT2D eigenvalue weighted by Gasteiger charge is -2.27. The highest BCUT2D eigenvalue weighted by Gasteiger charge is 2.33. The van der Waals surface area contributed by atoms with Crippen molar-refractivity contribution >= 4 is 66.4 Å². The zero-order valence-corrected chi connectivity index (χ0v) is 45.8. The van der Waals surface area contributed by atoms with Gasteiger partial charge in [0.1, 0.15) is 24.0 Å². The first kappa shape index (κ1) is 47.6. The van der Waals surface area contributed by atoms with E-state index in [2.05, 4.69) is 301 Å². The number of benzene rings is 11. The van der Waals surface area contributed by atoms with Gasteiger partial charge in [-0.3, -0.25) is 4.57 Å². The van der Waals surface area contributed by atoms with Crippen LogP contribution in [-0.4, -0.2) is 20.8 Å². The van der Waals surface area contributed by atoms with E-state index in [1.807, 2.05) is 6.20 Å². The Kier molecular flexibility index (Phi) is 10.8. The molecular formula is C76H55N5O. The molecule has 390 valence electrons. The van der Waals surface area contributed by atoms with Crippen LogP contribution >= 0.6 is 0 Å². The molecule has 2 aliphatic rings. The van der Waals surface area contributed by atoms with Crippen LogP contribution in [0.4, 0.5) is 22.7 Å². The van der Waals surface area contributed by atoms with Gasteiger partial charge in [-0.1, -0.05) is 203 Å². The average Bonchev–Trinajstić information content (AvgIpc) is 4.38. The van der Waals surface area contributed by atoms with Crippen LogP contribution in [0.15, 0.2) is 267 Å². The molecule has 0 fully saturated rings. The van der Waals surface area contributed by atoms with Crippen molar-refractivity contribution in [2.45, 2.75) is 26.2 Å². The first-order valence-electron chi connectivity index (χ1n) is 28.3. The van der Waals surface area contributed by atoms with Gasteiger partial charge in [-0.2, -0.15) is 0 Å². The van der Waals surface area contributed by atoms with E-state index in [-0.39, 0.29) is 5.41 Å². The summed E-state index contributed by atoms with van der Waals surface area (Å²) in [5, 5.41) is 4.79. The van der Waals surface area contributed by atoms with Gasteiger partial charge < -0.3 is 19.1 Å². The molecule has 82 heavy (non-hydrogen) atoms. The maximum Gasteiger partial charge on any atom is 0.137 e. The zero-order valence-electron chi connectivity index (χ0n) is 45.8. The van der Waals surface area contributed by atoms with E-state index in [4.69, 9.17) is 9.72 Å². The van der Waals surface area contributed by atoms with Crippen molar-refractivity contribution in [3.05, 3.63) is 273 Å². The molecule has 5 heterocycles. The molecule has 0 atom stereocenters. The summed E-state index contributed by atoms with van der Waals surface area (Å²) in [4.78, 5) is 10.1. The number of hydrogen-bond acceptors (Lipinski definition) is 4. The first-order chi connectivity index (χ1) is 40.3. The highest BCUT2D eigenvalue weighted by atomic mass is 16.5. The standard InChI is InChI=1S/C76H55N5O/c1-76(2,3)53-42-43-77-71(45-53)80-67-40-41-68-72(61-30-14-13-28-59(61)62-33-19-34-63-60-29-15-16-35-65(60)81(68)75(62)63)73(67)64-38-37-56(47-69(64)80)82-55-27-17-26-54(46-55)78-48-79(66-39-36-52(44-70(66)78)49-20-7-4-8-21-49)74-57(50-22-9-5-10-23-50)31-18-32-58(74)51-24-11-6-12-25-51/h4-47H,48H2,1-3H3. The van der Waals surface area contributed by atoms with Crippen molar-refractivity contribution in [2.75, 3.05) is 16.5 Å². The smallest absolute Gasteiger partial charge is 0.137 e. The number of nitrogens with zero attached hydrogens (tertiary/aromatic N) is 5. The van der Waals surface area contributed by atoms with E-state index in [1.165, 1.54) is 82.8 Å². The van der Waals surface area contributed by atoms with E-state index in [1.54, 1.807) is 0 Å². The SMILES string of the molecule is CC(C)(C)c1ccnc(-n2c3cc(Oc4cccc(N5CN(c6c(-c7ccccc7)cccc6-c6ccccc6)c6ccc(-c7ccccc7)cc65)c4)ccc3c3c4c(ccc32)-n2c3ccccc3c3cccc(c32)-c2ccccc2-4)c1. The molecule has 14 aromatic rings. The summed E-state index contributed by atoms with van der Waals surface area (Å²) in [5.41, 5.74) is 23.1. The summed E-state index contributed by atoms with van der Waals surface area (Å²) in [6.07, 6.45) is 1.96. The molecule has 0 radical (unpaired) electrons. The molecule has 11 aromatic carbocycles. The van der Waals surface area contributed by atoms with Gasteiger partial charge >= 0.3 is 0 Å². The Labute approximate surface area is 476 Å². The number of aromatic nitrogens is 3. The molecule has 6 heteroatoms. The van der Waals surface area contributed by atoms with E-state index in [9.17, 15) is 0 Å². The molecule has 16 rings (SSSR count). The largest absolute Gasteiger partial charge is 0.457 e. The maximum absolute atomic E-state index is 7.13. The maximum atomic E-state index is 7.13. The molecule has 0 aliphatic carbocycles. The van der Waals surface area contributed by atoms with Crippen LogP contribution in [0.2, 0.25) is 0 Å². The second kappa shape index (κ2) is 18.6. The van der Waals surface area contributed by atoms with E-state index in [0.29, 0.717) is 6.67 Å². The predicted octanol–water partition coefficient (Wildman–Crippen LogP) is 20.3. The molecule has 0 bridgehead atoms. The van der Waals surface area contributed by atoms with Crippen LogP contribution in [0.25, 0.3) is 111 Å². The summed E-state index contributed by atoms with van der Waals surface area (Å²) in [6.45, 7) is 7.37. The van der Waals surface area contributed by atoms with Gasteiger partial charge in [0.25, 0.3) is 0 Å². The van der Waals surface area contributed by atoms with Gasteiger partial charge in [-0.05, 0) is 111 Å². The Morgan fingerprint density at radius 1 is 0.390 bits per heavy atom. The molecule has 0 saturated carbocycles. The number of fused-ring (bicyclic) bond motifs is 13. The highest BCUT2D eigenvalue weighted by Crippen LogP contribution is 2.54. The first-order valence-corrected chi connectivity index (χ1v) is 28.3. The topological polar surface area (TPSA) is 38.5 Å². The van der Waals surface area contributed by atoms with E-state index >= 15 is 0 Å². The third-order valence-corrected chi connectivity index (χ3v) is 16.9. The zero-order chi connectivity index (χ0) is 54.6. The lowest BCUT2D eigenvalue weighted by molar-refractivity contribution is 0.483. The Morgan fingerprint density at radius 3 is 1.79 bits per heavy atom. The average molecular weight is 1050 g/mol. The van der Waals surface area contributed by atoms with Gasteiger partial charge in [0.2, 0.25) is 0 Å². The second-order valence-corrected chi connectivity index (χ2v) is 22.7.